The summed E-state index contributed by atoms with van der Waals surface area (Å²) in [5.74, 6) is 0.662. The maximum absolute atomic E-state index is 11.2. The Morgan fingerprint density at radius 1 is 0.750 bits per heavy atom. The first kappa shape index (κ1) is 22.0. The van der Waals surface area contributed by atoms with Crippen molar-refractivity contribution in [3.05, 3.63) is 54.1 Å². The monoisotopic (exact) mass is 428 g/mol. The lowest BCUT2D eigenvalue weighted by atomic mass is 10.1. The second-order valence-electron chi connectivity index (χ2n) is 6.32. The maximum Gasteiger partial charge on any atom is 0.229 e. The van der Waals surface area contributed by atoms with Crippen LogP contribution in [-0.2, 0) is 26.5 Å². The van der Waals surface area contributed by atoms with E-state index in [0.29, 0.717) is 30.3 Å². The minimum atomic E-state index is -3.28. The van der Waals surface area contributed by atoms with Crippen LogP contribution in [0, 0.1) is 0 Å². The van der Waals surface area contributed by atoms with E-state index in [4.69, 9.17) is 4.74 Å². The average molecular weight is 429 g/mol. The highest BCUT2D eigenvalue weighted by Gasteiger charge is 2.03. The second-order valence-corrected chi connectivity index (χ2v) is 9.82. The molecule has 28 heavy (non-hydrogen) atoms. The molecule has 0 aliphatic rings. The van der Waals surface area contributed by atoms with Gasteiger partial charge in [0.15, 0.2) is 0 Å². The molecule has 3 N–H and O–H groups in total. The van der Waals surface area contributed by atoms with Gasteiger partial charge in [-0.2, -0.15) is 0 Å². The van der Waals surface area contributed by atoms with Gasteiger partial charge in [-0.15, -0.1) is 0 Å². The van der Waals surface area contributed by atoms with E-state index in [0.717, 1.165) is 31.0 Å². The molecule has 2 aromatic carbocycles. The zero-order valence-electron chi connectivity index (χ0n) is 15.8. The zero-order chi connectivity index (χ0) is 20.6. The predicted octanol–water partition coefficient (Wildman–Crippen LogP) is 1.64. The van der Waals surface area contributed by atoms with E-state index in [-0.39, 0.29) is 0 Å². The van der Waals surface area contributed by atoms with Gasteiger partial charge in [0.05, 0.1) is 12.5 Å². The van der Waals surface area contributed by atoms with Crippen molar-refractivity contribution in [2.24, 2.45) is 0 Å². The van der Waals surface area contributed by atoms with E-state index >= 15 is 0 Å². The van der Waals surface area contributed by atoms with Crippen molar-refractivity contribution in [3.63, 3.8) is 0 Å². The smallest absolute Gasteiger partial charge is 0.229 e. The molecule has 154 valence electrons. The lowest BCUT2D eigenvalue weighted by Gasteiger charge is -2.09. The highest BCUT2D eigenvalue weighted by atomic mass is 32.2. The number of rotatable bonds is 11. The van der Waals surface area contributed by atoms with Crippen LogP contribution in [0.25, 0.3) is 0 Å². The summed E-state index contributed by atoms with van der Waals surface area (Å²) in [7, 11) is -6.54. The molecule has 0 unspecified atom stereocenters. The Morgan fingerprint density at radius 3 is 1.75 bits per heavy atom. The molecule has 8 nitrogen and oxygen atoms in total. The van der Waals surface area contributed by atoms with E-state index in [1.165, 1.54) is 0 Å². The Kier molecular flexibility index (Phi) is 7.67. The van der Waals surface area contributed by atoms with Crippen LogP contribution < -0.4 is 19.5 Å². The summed E-state index contributed by atoms with van der Waals surface area (Å²) in [6.45, 7) is 1.91. The van der Waals surface area contributed by atoms with Crippen molar-refractivity contribution in [3.8, 4) is 5.75 Å². The number of benzene rings is 2. The van der Waals surface area contributed by atoms with Crippen LogP contribution in [0.5, 0.6) is 5.75 Å². The van der Waals surface area contributed by atoms with Crippen LogP contribution in [0.3, 0.4) is 0 Å². The molecular formula is C18H25N3O5S2. The summed E-state index contributed by atoms with van der Waals surface area (Å²) in [6.07, 6.45) is 3.03. The lowest BCUT2D eigenvalue weighted by Crippen LogP contribution is -2.23. The lowest BCUT2D eigenvalue weighted by molar-refractivity contribution is 0.314. The van der Waals surface area contributed by atoms with Gasteiger partial charge in [0.1, 0.15) is 12.4 Å². The molecule has 0 heterocycles. The van der Waals surface area contributed by atoms with Gasteiger partial charge < -0.3 is 10.1 Å². The fraction of sp³-hybridized carbons (Fsp3) is 0.333. The number of hydrogen-bond donors (Lipinski definition) is 3. The number of anilines is 2. The van der Waals surface area contributed by atoms with Crippen molar-refractivity contribution >= 4 is 31.4 Å². The largest absolute Gasteiger partial charge is 0.492 e. The third-order valence-corrected chi connectivity index (χ3v) is 4.77. The molecule has 0 aliphatic carbocycles. The van der Waals surface area contributed by atoms with Crippen molar-refractivity contribution in [1.29, 1.82) is 0 Å². The number of sulfonamides is 2. The van der Waals surface area contributed by atoms with Crippen LogP contribution in [0.15, 0.2) is 48.5 Å². The Morgan fingerprint density at radius 2 is 1.25 bits per heavy atom. The van der Waals surface area contributed by atoms with Crippen molar-refractivity contribution < 1.29 is 21.6 Å². The van der Waals surface area contributed by atoms with E-state index in [2.05, 4.69) is 14.8 Å². The molecule has 0 fully saturated rings. The standard InChI is InChI=1S/C18H25N3O5S2/c1-27(22,23)20-16-5-3-15(4-6-16)11-12-19-13-14-26-18-9-7-17(8-10-18)21-28(2,24)25/h3-10,19-21H,11-14H2,1-2H3/i2+1. The number of nitrogens with one attached hydrogen (secondary N) is 3. The minimum absolute atomic E-state index is 0.482. The number of hydrogen-bond acceptors (Lipinski definition) is 6. The summed E-state index contributed by atoms with van der Waals surface area (Å²) in [5, 5.41) is 3.27. The van der Waals surface area contributed by atoms with Gasteiger partial charge in [0.25, 0.3) is 0 Å². The van der Waals surface area contributed by atoms with E-state index in [9.17, 15) is 16.8 Å². The highest BCUT2D eigenvalue weighted by molar-refractivity contribution is 7.92. The molecule has 0 saturated carbocycles. The molecule has 2 rings (SSSR count). The SMILES string of the molecule is CS(=O)(=O)Nc1ccc(CCNCCOc2ccc(NS([13CH3])(=O)=O)cc2)cc1. The summed E-state index contributed by atoms with van der Waals surface area (Å²) in [6, 6.07) is 14.0. The first-order valence-electron chi connectivity index (χ1n) is 8.59. The molecule has 2 aromatic rings. The summed E-state index contributed by atoms with van der Waals surface area (Å²) in [5.41, 5.74) is 2.14. The van der Waals surface area contributed by atoms with Gasteiger partial charge in [-0.3, -0.25) is 9.44 Å². The predicted molar refractivity (Wildman–Crippen MR) is 112 cm³/mol. The normalized spacial score (nSPS) is 11.8. The topological polar surface area (TPSA) is 114 Å². The van der Waals surface area contributed by atoms with Gasteiger partial charge in [0, 0.05) is 17.9 Å². The molecule has 0 amide bonds. The fourth-order valence-electron chi connectivity index (χ4n) is 2.39. The van der Waals surface area contributed by atoms with Gasteiger partial charge >= 0.3 is 0 Å². The molecule has 0 saturated heterocycles. The van der Waals surface area contributed by atoms with Crippen molar-refractivity contribution in [1.82, 2.24) is 5.32 Å². The average Bonchev–Trinajstić information content (AvgIpc) is 2.58. The second kappa shape index (κ2) is 9.76. The minimum Gasteiger partial charge on any atom is -0.492 e. The summed E-state index contributed by atoms with van der Waals surface area (Å²) < 4.78 is 55.1. The zero-order valence-corrected chi connectivity index (χ0v) is 17.4. The highest BCUT2D eigenvalue weighted by Crippen LogP contribution is 2.16. The molecule has 0 aliphatic heterocycles. The van der Waals surface area contributed by atoms with E-state index < -0.39 is 20.0 Å². The van der Waals surface area contributed by atoms with Gasteiger partial charge in [-0.25, -0.2) is 16.8 Å². The Bertz CT molecular complexity index is 876. The van der Waals surface area contributed by atoms with E-state index in [1.54, 1.807) is 36.4 Å². The van der Waals surface area contributed by atoms with Crippen LogP contribution in [0.4, 0.5) is 11.4 Å². The first-order chi connectivity index (χ1) is 13.1. The van der Waals surface area contributed by atoms with E-state index in [1.807, 2.05) is 12.1 Å². The van der Waals surface area contributed by atoms with Crippen LogP contribution in [0.2, 0.25) is 0 Å². The maximum atomic E-state index is 11.2. The Labute approximate surface area is 166 Å². The van der Waals surface area contributed by atoms with Crippen LogP contribution >= 0.6 is 0 Å². The third-order valence-electron chi connectivity index (χ3n) is 3.55. The Hall–Kier alpha value is -2.30. The third kappa shape index (κ3) is 9.07. The molecule has 10 heteroatoms. The fourth-order valence-corrected chi connectivity index (χ4v) is 3.51. The van der Waals surface area contributed by atoms with Crippen LogP contribution in [-0.4, -0.2) is 49.0 Å². The first-order valence-corrected chi connectivity index (χ1v) is 12.4. The molecule has 0 aromatic heterocycles. The molecule has 0 radical (unpaired) electrons. The summed E-state index contributed by atoms with van der Waals surface area (Å²) >= 11 is 0. The Balaban J connectivity index is 1.64. The molecule has 0 spiro atoms. The van der Waals surface area contributed by atoms with Gasteiger partial charge in [0.2, 0.25) is 20.0 Å². The van der Waals surface area contributed by atoms with Crippen LogP contribution in [0.1, 0.15) is 5.56 Å². The summed E-state index contributed by atoms with van der Waals surface area (Å²) in [4.78, 5) is 0. The number of ether oxygens (including phenoxy) is 1. The van der Waals surface area contributed by atoms with Gasteiger partial charge in [-0.1, -0.05) is 12.1 Å². The molecular weight excluding hydrogens is 403 g/mol. The quantitative estimate of drug-likeness (QED) is 0.370. The van der Waals surface area contributed by atoms with Crippen molar-refractivity contribution in [2.75, 3.05) is 41.7 Å². The molecule has 0 bridgehead atoms. The van der Waals surface area contributed by atoms with Gasteiger partial charge in [-0.05, 0) is 54.9 Å². The van der Waals surface area contributed by atoms with Crippen molar-refractivity contribution in [2.45, 2.75) is 6.42 Å². The molecule has 0 atom stereocenters.